The summed E-state index contributed by atoms with van der Waals surface area (Å²) in [4.78, 5) is 2.15. The van der Waals surface area contributed by atoms with Gasteiger partial charge in [0.05, 0.1) is 13.2 Å². The standard InChI is InChI=1S/C15H22FN3O3S/c16-15-3-1-2-14(12-15)13-17-4-6-18(7-5-17)23(20,21)19-8-10-22-11-9-19/h1-3,12H,4-11,13H2. The third kappa shape index (κ3) is 4.07. The Morgan fingerprint density at radius 3 is 2.30 bits per heavy atom. The maximum absolute atomic E-state index is 13.2. The molecule has 0 aliphatic carbocycles. The highest BCUT2D eigenvalue weighted by Crippen LogP contribution is 2.15. The van der Waals surface area contributed by atoms with Crippen molar-refractivity contribution in [3.05, 3.63) is 35.6 Å². The first kappa shape index (κ1) is 16.8. The summed E-state index contributed by atoms with van der Waals surface area (Å²) in [6, 6.07) is 6.54. The molecule has 2 aliphatic heterocycles. The molecule has 2 fully saturated rings. The van der Waals surface area contributed by atoms with E-state index in [1.165, 1.54) is 16.4 Å². The third-order valence-electron chi connectivity index (χ3n) is 4.25. The fourth-order valence-corrected chi connectivity index (χ4v) is 4.51. The summed E-state index contributed by atoms with van der Waals surface area (Å²) >= 11 is 0. The van der Waals surface area contributed by atoms with Crippen molar-refractivity contribution >= 4 is 10.2 Å². The molecule has 8 heteroatoms. The summed E-state index contributed by atoms with van der Waals surface area (Å²) in [6.07, 6.45) is 0. The van der Waals surface area contributed by atoms with Crippen LogP contribution >= 0.6 is 0 Å². The Labute approximate surface area is 136 Å². The highest BCUT2D eigenvalue weighted by Gasteiger charge is 2.33. The van der Waals surface area contributed by atoms with Gasteiger partial charge in [0.15, 0.2) is 0 Å². The van der Waals surface area contributed by atoms with Crippen LogP contribution in [0.25, 0.3) is 0 Å². The van der Waals surface area contributed by atoms with Crippen molar-refractivity contribution in [3.8, 4) is 0 Å². The minimum absolute atomic E-state index is 0.240. The molecule has 0 N–H and O–H groups in total. The van der Waals surface area contributed by atoms with Crippen LogP contribution in [0.3, 0.4) is 0 Å². The van der Waals surface area contributed by atoms with E-state index >= 15 is 0 Å². The van der Waals surface area contributed by atoms with E-state index in [1.807, 2.05) is 6.07 Å². The van der Waals surface area contributed by atoms with Crippen LogP contribution in [0.5, 0.6) is 0 Å². The molecule has 2 heterocycles. The second-order valence-corrected chi connectivity index (χ2v) is 7.75. The molecule has 0 spiro atoms. The Kier molecular flexibility index (Phi) is 5.27. The lowest BCUT2D eigenvalue weighted by Gasteiger charge is -2.37. The van der Waals surface area contributed by atoms with Crippen molar-refractivity contribution in [3.63, 3.8) is 0 Å². The van der Waals surface area contributed by atoms with Gasteiger partial charge in [0, 0.05) is 45.8 Å². The first-order valence-corrected chi connectivity index (χ1v) is 9.25. The van der Waals surface area contributed by atoms with Crippen LogP contribution in [0.1, 0.15) is 5.56 Å². The monoisotopic (exact) mass is 343 g/mol. The molecule has 2 saturated heterocycles. The van der Waals surface area contributed by atoms with Gasteiger partial charge in [0.25, 0.3) is 10.2 Å². The number of rotatable bonds is 4. The Bertz CT molecular complexity index is 627. The zero-order valence-corrected chi connectivity index (χ0v) is 13.8. The number of hydrogen-bond donors (Lipinski definition) is 0. The summed E-state index contributed by atoms with van der Waals surface area (Å²) in [5, 5.41) is 0. The summed E-state index contributed by atoms with van der Waals surface area (Å²) < 4.78 is 46.6. The lowest BCUT2D eigenvalue weighted by atomic mass is 10.2. The Morgan fingerprint density at radius 1 is 1.00 bits per heavy atom. The first-order valence-electron chi connectivity index (χ1n) is 7.85. The molecule has 1 aromatic carbocycles. The fourth-order valence-electron chi connectivity index (χ4n) is 2.95. The van der Waals surface area contributed by atoms with Crippen LogP contribution in [0.2, 0.25) is 0 Å². The average molecular weight is 343 g/mol. The van der Waals surface area contributed by atoms with E-state index < -0.39 is 10.2 Å². The first-order chi connectivity index (χ1) is 11.1. The molecule has 0 saturated carbocycles. The normalized spacial score (nSPS) is 22.3. The maximum atomic E-state index is 13.2. The Morgan fingerprint density at radius 2 is 1.65 bits per heavy atom. The summed E-state index contributed by atoms with van der Waals surface area (Å²) in [5.74, 6) is -0.240. The van der Waals surface area contributed by atoms with Gasteiger partial charge in [-0.05, 0) is 17.7 Å². The number of ether oxygens (including phenoxy) is 1. The van der Waals surface area contributed by atoms with E-state index in [9.17, 15) is 12.8 Å². The highest BCUT2D eigenvalue weighted by atomic mass is 32.2. The van der Waals surface area contributed by atoms with E-state index in [2.05, 4.69) is 4.90 Å². The fraction of sp³-hybridized carbons (Fsp3) is 0.600. The average Bonchev–Trinajstić information content (AvgIpc) is 2.56. The summed E-state index contributed by atoms with van der Waals surface area (Å²) in [7, 11) is -3.39. The molecule has 0 atom stereocenters. The number of halogens is 1. The van der Waals surface area contributed by atoms with Crippen molar-refractivity contribution in [1.82, 2.24) is 13.5 Å². The van der Waals surface area contributed by atoms with Crippen LogP contribution in [0.4, 0.5) is 4.39 Å². The van der Waals surface area contributed by atoms with Gasteiger partial charge in [-0.2, -0.15) is 17.0 Å². The lowest BCUT2D eigenvalue weighted by Crippen LogP contribution is -2.54. The van der Waals surface area contributed by atoms with Gasteiger partial charge in [0.1, 0.15) is 5.82 Å². The van der Waals surface area contributed by atoms with Crippen molar-refractivity contribution in [1.29, 1.82) is 0 Å². The smallest absolute Gasteiger partial charge is 0.282 e. The Hall–Kier alpha value is -1.06. The van der Waals surface area contributed by atoms with Crippen molar-refractivity contribution < 1.29 is 17.5 Å². The largest absolute Gasteiger partial charge is 0.379 e. The zero-order valence-electron chi connectivity index (χ0n) is 13.0. The van der Waals surface area contributed by atoms with Gasteiger partial charge < -0.3 is 4.74 Å². The van der Waals surface area contributed by atoms with Crippen LogP contribution in [-0.4, -0.2) is 74.4 Å². The molecule has 0 bridgehead atoms. The number of benzene rings is 1. The van der Waals surface area contributed by atoms with Gasteiger partial charge >= 0.3 is 0 Å². The van der Waals surface area contributed by atoms with E-state index in [0.717, 1.165) is 5.56 Å². The molecule has 0 radical (unpaired) electrons. The number of piperazine rings is 1. The SMILES string of the molecule is O=S(=O)(N1CCOCC1)N1CCN(Cc2cccc(F)c2)CC1. The molecular weight excluding hydrogens is 321 g/mol. The quantitative estimate of drug-likeness (QED) is 0.800. The second-order valence-electron chi connectivity index (χ2n) is 5.82. The number of hydrogen-bond acceptors (Lipinski definition) is 4. The van der Waals surface area contributed by atoms with Gasteiger partial charge in [-0.15, -0.1) is 0 Å². The number of morpholine rings is 1. The van der Waals surface area contributed by atoms with Gasteiger partial charge in [0.2, 0.25) is 0 Å². The third-order valence-corrected chi connectivity index (χ3v) is 6.28. The molecule has 128 valence electrons. The molecule has 0 aromatic heterocycles. The second kappa shape index (κ2) is 7.23. The van der Waals surface area contributed by atoms with E-state index in [0.29, 0.717) is 59.0 Å². The van der Waals surface area contributed by atoms with Crippen molar-refractivity contribution in [2.75, 3.05) is 52.5 Å². The lowest BCUT2D eigenvalue weighted by molar-refractivity contribution is 0.0684. The molecular formula is C15H22FN3O3S. The topological polar surface area (TPSA) is 53.1 Å². The van der Waals surface area contributed by atoms with E-state index in [1.54, 1.807) is 10.4 Å². The molecule has 6 nitrogen and oxygen atoms in total. The molecule has 1 aromatic rings. The molecule has 2 aliphatic rings. The molecule has 3 rings (SSSR count). The van der Waals surface area contributed by atoms with Crippen LogP contribution < -0.4 is 0 Å². The Balaban J connectivity index is 1.55. The van der Waals surface area contributed by atoms with Crippen LogP contribution in [-0.2, 0) is 21.5 Å². The van der Waals surface area contributed by atoms with Gasteiger partial charge in [-0.3, -0.25) is 4.90 Å². The predicted molar refractivity (Wildman–Crippen MR) is 84.6 cm³/mol. The number of nitrogens with zero attached hydrogens (tertiary/aromatic N) is 3. The maximum Gasteiger partial charge on any atom is 0.282 e. The highest BCUT2D eigenvalue weighted by molar-refractivity contribution is 7.86. The molecule has 0 amide bonds. The molecule has 0 unspecified atom stereocenters. The van der Waals surface area contributed by atoms with Crippen LogP contribution in [0, 0.1) is 5.82 Å². The molecule has 23 heavy (non-hydrogen) atoms. The van der Waals surface area contributed by atoms with Gasteiger partial charge in [-0.25, -0.2) is 4.39 Å². The van der Waals surface area contributed by atoms with E-state index in [4.69, 9.17) is 4.74 Å². The minimum atomic E-state index is -3.39. The van der Waals surface area contributed by atoms with Crippen LogP contribution in [0.15, 0.2) is 24.3 Å². The van der Waals surface area contributed by atoms with E-state index in [-0.39, 0.29) is 5.82 Å². The predicted octanol–water partition coefficient (Wildman–Crippen LogP) is 0.520. The summed E-state index contributed by atoms with van der Waals surface area (Å²) in [6.45, 7) is 4.64. The van der Waals surface area contributed by atoms with Crippen molar-refractivity contribution in [2.45, 2.75) is 6.54 Å². The summed E-state index contributed by atoms with van der Waals surface area (Å²) in [5.41, 5.74) is 0.912. The van der Waals surface area contributed by atoms with Gasteiger partial charge in [-0.1, -0.05) is 12.1 Å². The van der Waals surface area contributed by atoms with Crippen molar-refractivity contribution in [2.24, 2.45) is 0 Å². The minimum Gasteiger partial charge on any atom is -0.379 e. The zero-order chi connectivity index (χ0) is 16.3.